The molecule has 0 radical (unpaired) electrons. The maximum Gasteiger partial charge on any atom is 0.118 e. The molecule has 2 nitrogen and oxygen atoms in total. The van der Waals surface area contributed by atoms with E-state index in [4.69, 9.17) is 9.47 Å². The number of methoxy groups -OCH3 is 1. The molecular weight excluding hydrogens is 212 g/mol. The summed E-state index contributed by atoms with van der Waals surface area (Å²) in [6, 6.07) is 8.13. The van der Waals surface area contributed by atoms with Gasteiger partial charge >= 0.3 is 0 Å². The van der Waals surface area contributed by atoms with E-state index < -0.39 is 0 Å². The van der Waals surface area contributed by atoms with E-state index in [0.29, 0.717) is 6.10 Å². The van der Waals surface area contributed by atoms with Gasteiger partial charge in [0, 0.05) is 0 Å². The van der Waals surface area contributed by atoms with Gasteiger partial charge in [-0.15, -0.1) is 0 Å². The Labute approximate surface area is 104 Å². The van der Waals surface area contributed by atoms with Crippen LogP contribution >= 0.6 is 0 Å². The van der Waals surface area contributed by atoms with Gasteiger partial charge < -0.3 is 9.47 Å². The van der Waals surface area contributed by atoms with Crippen molar-refractivity contribution in [2.45, 2.75) is 45.3 Å². The number of rotatable bonds is 5. The summed E-state index contributed by atoms with van der Waals surface area (Å²) in [5, 5.41) is 0. The topological polar surface area (TPSA) is 18.5 Å². The van der Waals surface area contributed by atoms with Crippen LogP contribution in [0.4, 0.5) is 0 Å². The summed E-state index contributed by atoms with van der Waals surface area (Å²) >= 11 is 0. The minimum absolute atomic E-state index is 0.474. The van der Waals surface area contributed by atoms with Gasteiger partial charge in [0.2, 0.25) is 0 Å². The molecule has 0 amide bonds. The molecule has 2 heteroatoms. The quantitative estimate of drug-likeness (QED) is 0.771. The van der Waals surface area contributed by atoms with Crippen molar-refractivity contribution >= 4 is 0 Å². The van der Waals surface area contributed by atoms with Gasteiger partial charge in [0.05, 0.1) is 19.8 Å². The predicted molar refractivity (Wildman–Crippen MR) is 69.2 cm³/mol. The second-order valence-electron chi connectivity index (χ2n) is 4.87. The first-order valence-electron chi connectivity index (χ1n) is 6.56. The number of benzene rings is 1. The Morgan fingerprint density at radius 3 is 2.53 bits per heavy atom. The maximum atomic E-state index is 5.95. The van der Waals surface area contributed by atoms with Crippen LogP contribution in [-0.4, -0.2) is 13.2 Å². The third-order valence-electron chi connectivity index (χ3n) is 3.72. The molecule has 1 fully saturated rings. The van der Waals surface area contributed by atoms with E-state index >= 15 is 0 Å². The summed E-state index contributed by atoms with van der Waals surface area (Å²) in [4.78, 5) is 0. The van der Waals surface area contributed by atoms with Crippen molar-refractivity contribution in [2.24, 2.45) is 5.92 Å². The van der Waals surface area contributed by atoms with Gasteiger partial charge in [0.15, 0.2) is 0 Å². The molecular formula is C15H22O2. The van der Waals surface area contributed by atoms with Crippen LogP contribution in [0.1, 0.15) is 38.2 Å². The molecule has 0 N–H and O–H groups in total. The Bertz CT molecular complexity index is 331. The van der Waals surface area contributed by atoms with Gasteiger partial charge in [-0.1, -0.05) is 25.5 Å². The van der Waals surface area contributed by atoms with E-state index in [-0.39, 0.29) is 0 Å². The molecule has 2 unspecified atom stereocenters. The van der Waals surface area contributed by atoms with Gasteiger partial charge in [0.1, 0.15) is 5.75 Å². The fourth-order valence-electron chi connectivity index (χ4n) is 2.49. The van der Waals surface area contributed by atoms with Crippen molar-refractivity contribution < 1.29 is 9.47 Å². The van der Waals surface area contributed by atoms with Crippen LogP contribution in [0.5, 0.6) is 5.75 Å². The lowest BCUT2D eigenvalue weighted by Gasteiger charge is -2.12. The van der Waals surface area contributed by atoms with Crippen LogP contribution in [0.2, 0.25) is 0 Å². The second kappa shape index (κ2) is 6.06. The first-order valence-corrected chi connectivity index (χ1v) is 6.56. The van der Waals surface area contributed by atoms with E-state index in [1.54, 1.807) is 7.11 Å². The molecule has 94 valence electrons. The summed E-state index contributed by atoms with van der Waals surface area (Å²) in [5.41, 5.74) is 1.23. The molecule has 0 spiro atoms. The number of ether oxygens (including phenoxy) is 2. The van der Waals surface area contributed by atoms with Gasteiger partial charge in [-0.3, -0.25) is 0 Å². The van der Waals surface area contributed by atoms with Crippen molar-refractivity contribution in [3.8, 4) is 5.75 Å². The SMILES string of the molecule is CCC1CCC(OCc2ccc(OC)cc2)C1. The Morgan fingerprint density at radius 2 is 1.94 bits per heavy atom. The Balaban J connectivity index is 1.78. The van der Waals surface area contributed by atoms with Crippen molar-refractivity contribution in [3.05, 3.63) is 29.8 Å². The smallest absolute Gasteiger partial charge is 0.118 e. The number of hydrogen-bond donors (Lipinski definition) is 0. The summed E-state index contributed by atoms with van der Waals surface area (Å²) in [5.74, 6) is 1.79. The molecule has 1 aliphatic rings. The molecule has 2 rings (SSSR count). The second-order valence-corrected chi connectivity index (χ2v) is 4.87. The van der Waals surface area contributed by atoms with Crippen molar-refractivity contribution in [3.63, 3.8) is 0 Å². The van der Waals surface area contributed by atoms with Crippen molar-refractivity contribution in [2.75, 3.05) is 7.11 Å². The molecule has 1 saturated carbocycles. The van der Waals surface area contributed by atoms with Crippen LogP contribution in [0.3, 0.4) is 0 Å². The van der Waals surface area contributed by atoms with Crippen LogP contribution in [0.25, 0.3) is 0 Å². The molecule has 1 aliphatic carbocycles. The highest BCUT2D eigenvalue weighted by molar-refractivity contribution is 5.26. The zero-order chi connectivity index (χ0) is 12.1. The Hall–Kier alpha value is -1.02. The van der Waals surface area contributed by atoms with Gasteiger partial charge in [-0.25, -0.2) is 0 Å². The zero-order valence-corrected chi connectivity index (χ0v) is 10.8. The lowest BCUT2D eigenvalue weighted by Crippen LogP contribution is -2.08. The average Bonchev–Trinajstić information content (AvgIpc) is 2.85. The van der Waals surface area contributed by atoms with E-state index in [9.17, 15) is 0 Å². The highest BCUT2D eigenvalue weighted by Crippen LogP contribution is 2.30. The highest BCUT2D eigenvalue weighted by Gasteiger charge is 2.23. The third kappa shape index (κ3) is 3.47. The van der Waals surface area contributed by atoms with Crippen molar-refractivity contribution in [1.82, 2.24) is 0 Å². The van der Waals surface area contributed by atoms with Crippen LogP contribution in [0.15, 0.2) is 24.3 Å². The first kappa shape index (κ1) is 12.4. The predicted octanol–water partition coefficient (Wildman–Crippen LogP) is 3.79. The number of hydrogen-bond acceptors (Lipinski definition) is 2. The molecule has 0 heterocycles. The molecule has 2 atom stereocenters. The van der Waals surface area contributed by atoms with E-state index in [2.05, 4.69) is 19.1 Å². The third-order valence-corrected chi connectivity index (χ3v) is 3.72. The van der Waals surface area contributed by atoms with Gasteiger partial charge in [-0.05, 0) is 42.9 Å². The fraction of sp³-hybridized carbons (Fsp3) is 0.600. The largest absolute Gasteiger partial charge is 0.497 e. The maximum absolute atomic E-state index is 5.95. The summed E-state index contributed by atoms with van der Waals surface area (Å²) in [7, 11) is 1.69. The fourth-order valence-corrected chi connectivity index (χ4v) is 2.49. The lowest BCUT2D eigenvalue weighted by atomic mass is 10.1. The van der Waals surface area contributed by atoms with Crippen LogP contribution in [-0.2, 0) is 11.3 Å². The summed E-state index contributed by atoms with van der Waals surface area (Å²) < 4.78 is 11.1. The standard InChI is InChI=1S/C15H22O2/c1-3-12-4-9-15(10-12)17-11-13-5-7-14(16-2)8-6-13/h5-8,12,15H,3-4,9-11H2,1-2H3. The van der Waals surface area contributed by atoms with Crippen molar-refractivity contribution in [1.29, 1.82) is 0 Å². The van der Waals surface area contributed by atoms with E-state index in [1.165, 1.54) is 31.2 Å². The normalized spacial score (nSPS) is 23.9. The van der Waals surface area contributed by atoms with E-state index in [1.807, 2.05) is 12.1 Å². The molecule has 0 aliphatic heterocycles. The molecule has 0 bridgehead atoms. The highest BCUT2D eigenvalue weighted by atomic mass is 16.5. The van der Waals surface area contributed by atoms with E-state index in [0.717, 1.165) is 18.3 Å². The average molecular weight is 234 g/mol. The lowest BCUT2D eigenvalue weighted by molar-refractivity contribution is 0.0428. The van der Waals surface area contributed by atoms with Gasteiger partial charge in [-0.2, -0.15) is 0 Å². The molecule has 17 heavy (non-hydrogen) atoms. The molecule has 0 aromatic heterocycles. The molecule has 1 aromatic rings. The summed E-state index contributed by atoms with van der Waals surface area (Å²) in [6.45, 7) is 3.00. The minimum atomic E-state index is 0.474. The Morgan fingerprint density at radius 1 is 1.18 bits per heavy atom. The first-order chi connectivity index (χ1) is 8.31. The monoisotopic (exact) mass is 234 g/mol. The summed E-state index contributed by atoms with van der Waals surface area (Å²) in [6.07, 6.45) is 5.58. The van der Waals surface area contributed by atoms with Crippen LogP contribution in [0, 0.1) is 5.92 Å². The van der Waals surface area contributed by atoms with Crippen LogP contribution < -0.4 is 4.74 Å². The minimum Gasteiger partial charge on any atom is -0.497 e. The molecule has 0 saturated heterocycles. The zero-order valence-electron chi connectivity index (χ0n) is 10.8. The van der Waals surface area contributed by atoms with Gasteiger partial charge in [0.25, 0.3) is 0 Å². The molecule has 1 aromatic carbocycles. The Kier molecular flexibility index (Phi) is 4.43.